The number of carbonyl (C=O) groups excluding carboxylic acids is 1. The smallest absolute Gasteiger partial charge is 0.357 e. The predicted octanol–water partition coefficient (Wildman–Crippen LogP) is 4.21. The molecule has 0 unspecified atom stereocenters. The van der Waals surface area contributed by atoms with E-state index in [-0.39, 0.29) is 18.2 Å². The lowest BCUT2D eigenvalue weighted by atomic mass is 9.87. The van der Waals surface area contributed by atoms with Crippen LogP contribution in [0.1, 0.15) is 36.8 Å². The van der Waals surface area contributed by atoms with E-state index in [1.807, 2.05) is 6.07 Å². The van der Waals surface area contributed by atoms with Crippen LogP contribution >= 0.6 is 0 Å². The normalized spacial score (nSPS) is 22.2. The zero-order valence-electron chi connectivity index (χ0n) is 18.1. The number of carbonyl (C=O) groups is 1. The van der Waals surface area contributed by atoms with Crippen LogP contribution in [0.3, 0.4) is 0 Å². The summed E-state index contributed by atoms with van der Waals surface area (Å²) < 4.78 is 61.2. The number of pyridine rings is 1. The first-order valence-corrected chi connectivity index (χ1v) is 11.2. The minimum atomic E-state index is -4.61. The minimum absolute atomic E-state index is 0.0504. The predicted molar refractivity (Wildman–Crippen MR) is 113 cm³/mol. The van der Waals surface area contributed by atoms with Gasteiger partial charge in [0.1, 0.15) is 17.2 Å². The van der Waals surface area contributed by atoms with Crippen molar-refractivity contribution in [3.8, 4) is 0 Å². The zero-order valence-corrected chi connectivity index (χ0v) is 18.1. The van der Waals surface area contributed by atoms with Crippen molar-refractivity contribution >= 4 is 11.7 Å². The number of aromatic nitrogens is 1. The zero-order chi connectivity index (χ0) is 23.3. The lowest BCUT2D eigenvalue weighted by molar-refractivity contribution is -0.172. The number of halogens is 4. The fourth-order valence-corrected chi connectivity index (χ4v) is 4.95. The highest BCUT2D eigenvalue weighted by Crippen LogP contribution is 2.51. The van der Waals surface area contributed by atoms with Gasteiger partial charge in [-0.1, -0.05) is 18.2 Å². The van der Waals surface area contributed by atoms with Crippen LogP contribution in [0.5, 0.6) is 0 Å². The summed E-state index contributed by atoms with van der Waals surface area (Å²) in [5.41, 5.74) is -1.99. The Bertz CT molecular complexity index is 1050. The number of ether oxygens (including phenoxy) is 1. The monoisotopic (exact) mass is 463 g/mol. The van der Waals surface area contributed by atoms with Gasteiger partial charge in [-0.05, 0) is 55.9 Å². The van der Waals surface area contributed by atoms with E-state index in [4.69, 9.17) is 4.74 Å². The Kier molecular flexibility index (Phi) is 5.44. The first kappa shape index (κ1) is 22.3. The lowest BCUT2D eigenvalue weighted by Crippen LogP contribution is -2.63. The quantitative estimate of drug-likeness (QED) is 0.638. The Hall–Kier alpha value is -2.52. The summed E-state index contributed by atoms with van der Waals surface area (Å²) in [6.45, 7) is 2.07. The Labute approximate surface area is 189 Å². The van der Waals surface area contributed by atoms with Crippen molar-refractivity contribution in [1.82, 2.24) is 9.88 Å². The van der Waals surface area contributed by atoms with Gasteiger partial charge in [-0.15, -0.1) is 0 Å². The lowest BCUT2D eigenvalue weighted by Gasteiger charge is -2.50. The van der Waals surface area contributed by atoms with Crippen molar-refractivity contribution in [1.29, 1.82) is 0 Å². The molecule has 2 aliphatic heterocycles. The van der Waals surface area contributed by atoms with Crippen molar-refractivity contribution in [2.24, 2.45) is 0 Å². The Morgan fingerprint density at radius 3 is 2.42 bits per heavy atom. The molecular formula is C24H25F4N3O2. The number of benzene rings is 1. The molecule has 3 heterocycles. The molecule has 1 aromatic carbocycles. The maximum Gasteiger partial charge on any atom is 0.419 e. The Morgan fingerprint density at radius 2 is 1.76 bits per heavy atom. The van der Waals surface area contributed by atoms with E-state index in [0.29, 0.717) is 57.3 Å². The molecule has 5 rings (SSSR count). The summed E-state index contributed by atoms with van der Waals surface area (Å²) >= 11 is 0. The molecule has 1 aromatic heterocycles. The average Bonchev–Trinajstić information content (AvgIpc) is 3.56. The molecule has 0 bridgehead atoms. The third-order valence-electron chi connectivity index (χ3n) is 6.97. The van der Waals surface area contributed by atoms with Crippen LogP contribution in [-0.2, 0) is 22.1 Å². The highest BCUT2D eigenvalue weighted by atomic mass is 19.4. The van der Waals surface area contributed by atoms with E-state index in [1.54, 1.807) is 12.1 Å². The van der Waals surface area contributed by atoms with E-state index in [2.05, 4.69) is 9.88 Å². The number of alkyl halides is 3. The molecule has 3 fully saturated rings. The summed E-state index contributed by atoms with van der Waals surface area (Å²) in [4.78, 5) is 20.5. The van der Waals surface area contributed by atoms with Gasteiger partial charge in [0.25, 0.3) is 5.91 Å². The van der Waals surface area contributed by atoms with Crippen molar-refractivity contribution < 1.29 is 27.1 Å². The van der Waals surface area contributed by atoms with Gasteiger partial charge < -0.3 is 9.64 Å². The summed E-state index contributed by atoms with van der Waals surface area (Å²) in [5.74, 6) is -0.993. The van der Waals surface area contributed by atoms with Gasteiger partial charge >= 0.3 is 6.18 Å². The van der Waals surface area contributed by atoms with E-state index in [1.165, 1.54) is 23.2 Å². The number of piperidine rings is 1. The van der Waals surface area contributed by atoms with E-state index in [9.17, 15) is 22.4 Å². The Morgan fingerprint density at radius 1 is 1.03 bits per heavy atom. The molecule has 176 valence electrons. The molecule has 2 spiro atoms. The van der Waals surface area contributed by atoms with E-state index in [0.717, 1.165) is 6.07 Å². The number of amides is 1. The van der Waals surface area contributed by atoms with E-state index >= 15 is 0 Å². The second-order valence-electron chi connectivity index (χ2n) is 9.23. The van der Waals surface area contributed by atoms with Crippen LogP contribution in [0.15, 0.2) is 42.6 Å². The summed E-state index contributed by atoms with van der Waals surface area (Å²) in [6.07, 6.45) is -0.552. The van der Waals surface area contributed by atoms with Crippen molar-refractivity contribution in [2.75, 3.05) is 31.1 Å². The topological polar surface area (TPSA) is 45.7 Å². The van der Waals surface area contributed by atoms with Gasteiger partial charge in [0, 0.05) is 25.8 Å². The SMILES string of the molecule is O=C1N(c2ncccc2C(F)(F)F)CC2(CCN(CCc3ccccc3F)CC2)OC12CC2. The second kappa shape index (κ2) is 8.06. The molecular weight excluding hydrogens is 438 g/mol. The van der Waals surface area contributed by atoms with Crippen LogP contribution in [0, 0.1) is 5.82 Å². The number of likely N-dealkylation sites (tertiary alicyclic amines) is 1. The number of nitrogens with zero attached hydrogens (tertiary/aromatic N) is 3. The van der Waals surface area contributed by atoms with Gasteiger partial charge in [0.05, 0.1) is 17.7 Å². The molecule has 0 radical (unpaired) electrons. The molecule has 0 atom stereocenters. The summed E-state index contributed by atoms with van der Waals surface area (Å²) in [6, 6.07) is 8.89. The number of hydrogen-bond acceptors (Lipinski definition) is 4. The van der Waals surface area contributed by atoms with Crippen LogP contribution in [0.4, 0.5) is 23.4 Å². The van der Waals surface area contributed by atoms with Crippen LogP contribution in [-0.4, -0.2) is 53.2 Å². The third-order valence-corrected chi connectivity index (χ3v) is 6.97. The van der Waals surface area contributed by atoms with Crippen LogP contribution in [0.2, 0.25) is 0 Å². The molecule has 2 saturated heterocycles. The molecule has 5 nitrogen and oxygen atoms in total. The molecule has 1 saturated carbocycles. The number of anilines is 1. The fourth-order valence-electron chi connectivity index (χ4n) is 4.95. The van der Waals surface area contributed by atoms with Gasteiger partial charge in [-0.2, -0.15) is 13.2 Å². The van der Waals surface area contributed by atoms with Gasteiger partial charge in [-0.25, -0.2) is 9.37 Å². The maximum absolute atomic E-state index is 13.9. The minimum Gasteiger partial charge on any atom is -0.357 e. The molecule has 1 amide bonds. The molecule has 3 aliphatic rings. The number of rotatable bonds is 4. The maximum atomic E-state index is 13.9. The standard InChI is InChI=1S/C24H25F4N3O2/c25-19-6-2-1-4-17(19)7-13-30-14-10-22(11-15-30)16-31(21(32)23(33-22)8-9-23)20-18(24(26,27)28)5-3-12-29-20/h1-6,12H,7-11,13-16H2. The summed E-state index contributed by atoms with van der Waals surface area (Å²) in [5, 5.41) is 0. The molecule has 1 aliphatic carbocycles. The first-order chi connectivity index (χ1) is 15.7. The van der Waals surface area contributed by atoms with Crippen LogP contribution < -0.4 is 4.90 Å². The second-order valence-corrected chi connectivity index (χ2v) is 9.23. The van der Waals surface area contributed by atoms with Gasteiger partial charge in [0.15, 0.2) is 0 Å². The van der Waals surface area contributed by atoms with Crippen molar-refractivity contribution in [3.05, 3.63) is 59.5 Å². The molecule has 0 N–H and O–H groups in total. The van der Waals surface area contributed by atoms with Crippen molar-refractivity contribution in [2.45, 2.75) is 49.5 Å². The fraction of sp³-hybridized carbons (Fsp3) is 0.500. The van der Waals surface area contributed by atoms with Crippen molar-refractivity contribution in [3.63, 3.8) is 0 Å². The first-order valence-electron chi connectivity index (χ1n) is 11.2. The number of hydrogen-bond donors (Lipinski definition) is 0. The third kappa shape index (κ3) is 4.24. The highest BCUT2D eigenvalue weighted by Gasteiger charge is 2.62. The van der Waals surface area contributed by atoms with Gasteiger partial charge in [-0.3, -0.25) is 9.69 Å². The van der Waals surface area contributed by atoms with Crippen LogP contribution in [0.25, 0.3) is 0 Å². The molecule has 33 heavy (non-hydrogen) atoms. The van der Waals surface area contributed by atoms with E-state index < -0.39 is 28.8 Å². The summed E-state index contributed by atoms with van der Waals surface area (Å²) in [7, 11) is 0. The molecule has 9 heteroatoms. The molecule has 2 aromatic rings. The Balaban J connectivity index is 1.32. The largest absolute Gasteiger partial charge is 0.419 e. The average molecular weight is 463 g/mol. The van der Waals surface area contributed by atoms with Gasteiger partial charge in [0.2, 0.25) is 0 Å². The number of morpholine rings is 1. The highest BCUT2D eigenvalue weighted by molar-refractivity contribution is 6.02.